The number of nitrogens with zero attached hydrogens (tertiary/aromatic N) is 5. The lowest BCUT2D eigenvalue weighted by Gasteiger charge is -2.36. The van der Waals surface area contributed by atoms with Crippen molar-refractivity contribution in [2.75, 3.05) is 33.8 Å². The van der Waals surface area contributed by atoms with Crippen LogP contribution in [0.5, 0.6) is 5.88 Å². The molecule has 2 N–H and O–H groups in total. The predicted molar refractivity (Wildman–Crippen MR) is 211 cm³/mol. The molecule has 2 amide bonds. The van der Waals surface area contributed by atoms with Crippen molar-refractivity contribution in [2.24, 2.45) is 7.05 Å². The Balaban J connectivity index is 1.11. The summed E-state index contributed by atoms with van der Waals surface area (Å²) < 4.78 is 7.84. The van der Waals surface area contributed by atoms with E-state index in [9.17, 15) is 9.59 Å². The summed E-state index contributed by atoms with van der Waals surface area (Å²) in [7, 11) is 5.86. The fraction of sp³-hybridized carbons (Fsp3) is 0.366. The minimum Gasteiger partial charge on any atom is -0.481 e. The van der Waals surface area contributed by atoms with Gasteiger partial charge in [-0.2, -0.15) is 0 Å². The van der Waals surface area contributed by atoms with Crippen molar-refractivity contribution in [3.8, 4) is 39.5 Å². The van der Waals surface area contributed by atoms with E-state index in [0.29, 0.717) is 52.9 Å². The van der Waals surface area contributed by atoms with E-state index in [0.717, 1.165) is 72.2 Å². The Bertz CT molecular complexity index is 2160. The number of ether oxygens (including phenoxy) is 1. The number of benzene rings is 2. The normalized spacial score (nSPS) is 16.5. The number of halogens is 2. The van der Waals surface area contributed by atoms with Gasteiger partial charge in [0.15, 0.2) is 0 Å². The summed E-state index contributed by atoms with van der Waals surface area (Å²) in [5.74, 6) is 0.772. The molecule has 276 valence electrons. The molecule has 10 nitrogen and oxygen atoms in total. The zero-order valence-electron chi connectivity index (χ0n) is 30.6. The molecule has 2 aliphatic heterocycles. The van der Waals surface area contributed by atoms with Gasteiger partial charge in [0.1, 0.15) is 0 Å². The SMILES string of the molecule is COc1nc(-c2cccc(-c3ccnc(-c4ccc5c(CN(C)C6CCN(C(C)=O)CC6)cn(C)c5c4)c3Cl)c2Cl)ccc1CNCC1CCC(=O)N1. The first-order valence-electron chi connectivity index (χ1n) is 18.1. The average molecular weight is 755 g/mol. The van der Waals surface area contributed by atoms with Crippen molar-refractivity contribution >= 4 is 45.9 Å². The van der Waals surface area contributed by atoms with Crippen LogP contribution >= 0.6 is 23.2 Å². The third-order valence-corrected chi connectivity index (χ3v) is 11.5. The Morgan fingerprint density at radius 1 is 1.02 bits per heavy atom. The van der Waals surface area contributed by atoms with Gasteiger partial charge in [-0.25, -0.2) is 4.98 Å². The van der Waals surface area contributed by atoms with Crippen molar-refractivity contribution in [1.29, 1.82) is 0 Å². The van der Waals surface area contributed by atoms with Crippen molar-refractivity contribution in [3.63, 3.8) is 0 Å². The van der Waals surface area contributed by atoms with E-state index in [1.54, 1.807) is 20.2 Å². The summed E-state index contributed by atoms with van der Waals surface area (Å²) in [5.41, 5.74) is 7.87. The molecule has 1 atom stereocenters. The highest BCUT2D eigenvalue weighted by Crippen LogP contribution is 2.42. The zero-order chi connectivity index (χ0) is 37.2. The van der Waals surface area contributed by atoms with Crippen molar-refractivity contribution < 1.29 is 14.3 Å². The Hall–Kier alpha value is -4.48. The quantitative estimate of drug-likeness (QED) is 0.148. The largest absolute Gasteiger partial charge is 0.481 e. The molecule has 0 radical (unpaired) electrons. The van der Waals surface area contributed by atoms with Crippen LogP contribution in [0.1, 0.15) is 43.7 Å². The molecule has 2 aromatic carbocycles. The monoisotopic (exact) mass is 753 g/mol. The number of rotatable bonds is 11. The van der Waals surface area contributed by atoms with Gasteiger partial charge in [0.25, 0.3) is 0 Å². The van der Waals surface area contributed by atoms with E-state index in [4.69, 9.17) is 37.9 Å². The molecule has 3 aromatic heterocycles. The Labute approximate surface area is 320 Å². The number of pyridine rings is 2. The third kappa shape index (κ3) is 7.78. The van der Waals surface area contributed by atoms with E-state index < -0.39 is 0 Å². The van der Waals surface area contributed by atoms with Crippen LogP contribution in [0.15, 0.2) is 67.0 Å². The molecule has 2 fully saturated rings. The average Bonchev–Trinajstić information content (AvgIpc) is 3.72. The number of likely N-dealkylation sites (tertiary alicyclic amines) is 1. The molecule has 5 aromatic rings. The number of amides is 2. The van der Waals surface area contributed by atoms with Gasteiger partial charge < -0.3 is 24.8 Å². The molecule has 53 heavy (non-hydrogen) atoms. The first-order valence-corrected chi connectivity index (χ1v) is 18.9. The second kappa shape index (κ2) is 15.9. The van der Waals surface area contributed by atoms with Crippen molar-refractivity contribution in [2.45, 2.75) is 57.8 Å². The predicted octanol–water partition coefficient (Wildman–Crippen LogP) is 7.10. The summed E-state index contributed by atoms with van der Waals surface area (Å²) in [6.45, 7) is 5.34. The maximum atomic E-state index is 11.8. The zero-order valence-corrected chi connectivity index (χ0v) is 32.1. The van der Waals surface area contributed by atoms with Crippen molar-refractivity contribution in [3.05, 3.63) is 88.2 Å². The number of methoxy groups -OCH3 is 1. The molecule has 0 saturated carbocycles. The van der Waals surface area contributed by atoms with Gasteiger partial charge in [-0.3, -0.25) is 19.5 Å². The van der Waals surface area contributed by atoms with Crippen LogP contribution in [-0.2, 0) is 29.7 Å². The maximum absolute atomic E-state index is 11.8. The molecule has 0 spiro atoms. The highest BCUT2D eigenvalue weighted by molar-refractivity contribution is 6.39. The minimum atomic E-state index is 0.103. The molecular weight excluding hydrogens is 709 g/mol. The van der Waals surface area contributed by atoms with Crippen molar-refractivity contribution in [1.82, 2.24) is 35.0 Å². The van der Waals surface area contributed by atoms with E-state index in [1.165, 1.54) is 10.9 Å². The number of carbonyl (C=O) groups excluding carboxylic acids is 2. The van der Waals surface area contributed by atoms with Crippen LogP contribution in [0.3, 0.4) is 0 Å². The van der Waals surface area contributed by atoms with Crippen LogP contribution in [0.25, 0.3) is 44.5 Å². The molecule has 0 bridgehead atoms. The fourth-order valence-electron chi connectivity index (χ4n) is 7.69. The highest BCUT2D eigenvalue weighted by Gasteiger charge is 2.25. The highest BCUT2D eigenvalue weighted by atomic mass is 35.5. The minimum absolute atomic E-state index is 0.103. The van der Waals surface area contributed by atoms with Gasteiger partial charge in [-0.1, -0.05) is 59.6 Å². The fourth-order valence-corrected chi connectivity index (χ4v) is 8.34. The molecule has 12 heteroatoms. The van der Waals surface area contributed by atoms with Gasteiger partial charge in [0.2, 0.25) is 17.7 Å². The number of aromatic nitrogens is 3. The second-order valence-corrected chi connectivity index (χ2v) is 14.9. The molecular formula is C41H45Cl2N7O3. The first-order chi connectivity index (χ1) is 25.6. The standard InChI is InChI=1S/C41H45Cl2N7O3/c1-25(51)50-18-15-30(16-19-50)48(2)23-28-24-49(3)36-20-26(8-11-31(28)36)40-39(43)33(14-17-45-40)32-6-5-7-34(38(32)42)35-12-9-27(41(47-35)53-4)21-44-22-29-10-13-37(52)46-29/h5-9,11-12,14,17,20,24,29-30,44H,10,13,15-16,18-19,21-23H2,1-4H3,(H,46,52). The Morgan fingerprint density at radius 2 is 1.79 bits per heavy atom. The Morgan fingerprint density at radius 3 is 2.53 bits per heavy atom. The van der Waals surface area contributed by atoms with Crippen LogP contribution in [-0.4, -0.2) is 82.0 Å². The van der Waals surface area contributed by atoms with E-state index in [2.05, 4.69) is 58.6 Å². The summed E-state index contributed by atoms with van der Waals surface area (Å²) >= 11 is 14.3. The van der Waals surface area contributed by atoms with Gasteiger partial charge in [-0.15, -0.1) is 0 Å². The number of hydrogen-bond acceptors (Lipinski definition) is 7. The van der Waals surface area contributed by atoms with Crippen LogP contribution in [0.4, 0.5) is 0 Å². The van der Waals surface area contributed by atoms with Gasteiger partial charge >= 0.3 is 0 Å². The maximum Gasteiger partial charge on any atom is 0.220 e. The first kappa shape index (κ1) is 36.9. The van der Waals surface area contributed by atoms with E-state index >= 15 is 0 Å². The molecule has 7 rings (SSSR count). The summed E-state index contributed by atoms with van der Waals surface area (Å²) in [4.78, 5) is 37.2. The van der Waals surface area contributed by atoms with Crippen LogP contribution in [0, 0.1) is 0 Å². The molecule has 2 saturated heterocycles. The third-order valence-electron chi connectivity index (χ3n) is 10.7. The Kier molecular flexibility index (Phi) is 11.0. The summed E-state index contributed by atoms with van der Waals surface area (Å²) in [6.07, 6.45) is 7.35. The molecule has 0 aliphatic carbocycles. The number of fused-ring (bicyclic) bond motifs is 1. The smallest absolute Gasteiger partial charge is 0.220 e. The lowest BCUT2D eigenvalue weighted by molar-refractivity contribution is -0.130. The lowest BCUT2D eigenvalue weighted by Crippen LogP contribution is -2.44. The summed E-state index contributed by atoms with van der Waals surface area (Å²) in [5, 5.41) is 8.63. The van der Waals surface area contributed by atoms with Gasteiger partial charge in [-0.05, 0) is 50.1 Å². The number of hydrogen-bond donors (Lipinski definition) is 2. The summed E-state index contributed by atoms with van der Waals surface area (Å²) in [6, 6.07) is 18.7. The second-order valence-electron chi connectivity index (χ2n) is 14.1. The number of aryl methyl sites for hydroxylation is 1. The molecule has 1 unspecified atom stereocenters. The van der Waals surface area contributed by atoms with E-state index in [1.807, 2.05) is 41.3 Å². The van der Waals surface area contributed by atoms with Gasteiger partial charge in [0.05, 0.1) is 28.5 Å². The van der Waals surface area contributed by atoms with E-state index in [-0.39, 0.29) is 17.9 Å². The van der Waals surface area contributed by atoms with Gasteiger partial charge in [0, 0.05) is 116 Å². The van der Waals surface area contributed by atoms with Crippen LogP contribution < -0.4 is 15.4 Å². The molecule has 5 heterocycles. The number of carbonyl (C=O) groups is 2. The number of piperidine rings is 1. The lowest BCUT2D eigenvalue weighted by atomic mass is 9.99. The topological polar surface area (TPSA) is 105 Å². The molecule has 2 aliphatic rings. The number of nitrogens with one attached hydrogen (secondary N) is 2. The van der Waals surface area contributed by atoms with Crippen LogP contribution in [0.2, 0.25) is 10.0 Å².